The molecule has 96 valence electrons. The summed E-state index contributed by atoms with van der Waals surface area (Å²) >= 11 is 0. The molecule has 0 fully saturated rings. The van der Waals surface area contributed by atoms with Gasteiger partial charge in [0.15, 0.2) is 11.5 Å². The molecule has 0 heterocycles. The van der Waals surface area contributed by atoms with Crippen LogP contribution in [0.15, 0.2) is 18.2 Å². The monoisotopic (exact) mass is 279 g/mol. The average molecular weight is 280 g/mol. The van der Waals surface area contributed by atoms with Crippen LogP contribution in [0.5, 0.6) is 11.5 Å². The van der Waals surface area contributed by atoms with E-state index in [1.54, 1.807) is 18.2 Å². The van der Waals surface area contributed by atoms with Gasteiger partial charge in [0.25, 0.3) is 9.24 Å². The van der Waals surface area contributed by atoms with E-state index in [0.717, 1.165) is 9.87 Å². The summed E-state index contributed by atoms with van der Waals surface area (Å²) in [6, 6.07) is 5.17. The Morgan fingerprint density at radius 2 is 1.82 bits per heavy atom. The van der Waals surface area contributed by atoms with Gasteiger partial charge in [0.05, 0.1) is 14.2 Å². The third-order valence-corrected chi connectivity index (χ3v) is 3.81. The predicted octanol–water partition coefficient (Wildman–Crippen LogP) is 1.62. The molecule has 0 N–H and O–H groups in total. The summed E-state index contributed by atoms with van der Waals surface area (Å²) in [7, 11) is 5.96. The van der Waals surface area contributed by atoms with Crippen molar-refractivity contribution in [3.63, 3.8) is 0 Å². The highest BCUT2D eigenvalue weighted by Gasteiger charge is 2.15. The van der Waals surface area contributed by atoms with E-state index in [0.29, 0.717) is 11.5 Å². The van der Waals surface area contributed by atoms with E-state index < -0.39 is 9.24 Å². The fourth-order valence-electron chi connectivity index (χ4n) is 1.31. The molecule has 17 heavy (non-hydrogen) atoms. The van der Waals surface area contributed by atoms with Crippen LogP contribution in [0.2, 0.25) is 0 Å². The first-order valence-corrected chi connectivity index (χ1v) is 7.02. The molecule has 0 atom stereocenters. The summed E-state index contributed by atoms with van der Waals surface area (Å²) in [5.41, 5.74) is 0.759. The molecule has 1 aromatic carbocycles. The zero-order valence-corrected chi connectivity index (χ0v) is 11.4. The summed E-state index contributed by atoms with van der Waals surface area (Å²) in [5, 5.41) is 0. The molecule has 0 unspecified atom stereocenters. The van der Waals surface area contributed by atoms with Crippen molar-refractivity contribution < 1.29 is 17.9 Å². The quantitative estimate of drug-likeness (QED) is 0.769. The molecule has 5 nitrogen and oxygen atoms in total. The molecule has 0 aliphatic carbocycles. The average Bonchev–Trinajstić information content (AvgIpc) is 2.27. The van der Waals surface area contributed by atoms with Gasteiger partial charge in [-0.15, -0.1) is 0 Å². The fourth-order valence-corrected chi connectivity index (χ4v) is 1.76. The van der Waals surface area contributed by atoms with Crippen LogP contribution in [-0.4, -0.2) is 34.0 Å². The summed E-state index contributed by atoms with van der Waals surface area (Å²) in [5.74, 6) is 1.14. The Bertz CT molecular complexity index is 489. The maximum atomic E-state index is 11.0. The SMILES string of the molecule is COc1ccc(CN(C)S(=O)(=O)Cl)cc1OC. The number of hydrogen-bond donors (Lipinski definition) is 0. The molecule has 0 aliphatic heterocycles. The number of nitrogens with zero attached hydrogens (tertiary/aromatic N) is 1. The molecule has 7 heteroatoms. The van der Waals surface area contributed by atoms with E-state index in [2.05, 4.69) is 0 Å². The second-order valence-electron chi connectivity index (χ2n) is 3.39. The maximum Gasteiger partial charge on any atom is 0.299 e. The van der Waals surface area contributed by atoms with Crippen molar-refractivity contribution in [2.24, 2.45) is 0 Å². The van der Waals surface area contributed by atoms with E-state index in [1.165, 1.54) is 21.3 Å². The Morgan fingerprint density at radius 3 is 2.29 bits per heavy atom. The zero-order valence-electron chi connectivity index (χ0n) is 9.81. The Morgan fingerprint density at radius 1 is 1.24 bits per heavy atom. The molecule has 1 rings (SSSR count). The van der Waals surface area contributed by atoms with Crippen LogP contribution in [0.25, 0.3) is 0 Å². The third kappa shape index (κ3) is 3.76. The van der Waals surface area contributed by atoms with E-state index >= 15 is 0 Å². The highest BCUT2D eigenvalue weighted by Crippen LogP contribution is 2.28. The topological polar surface area (TPSA) is 55.8 Å². The molecule has 0 aliphatic rings. The van der Waals surface area contributed by atoms with Crippen molar-refractivity contribution in [2.45, 2.75) is 6.54 Å². The molecule has 0 bridgehead atoms. The first-order valence-electron chi connectivity index (χ1n) is 4.75. The van der Waals surface area contributed by atoms with Gasteiger partial charge >= 0.3 is 0 Å². The molecular weight excluding hydrogens is 266 g/mol. The van der Waals surface area contributed by atoms with Gasteiger partial charge in [-0.1, -0.05) is 6.07 Å². The normalized spacial score (nSPS) is 11.6. The summed E-state index contributed by atoms with van der Waals surface area (Å²) in [6.07, 6.45) is 0. The van der Waals surface area contributed by atoms with Crippen molar-refractivity contribution in [3.05, 3.63) is 23.8 Å². The van der Waals surface area contributed by atoms with Gasteiger partial charge in [-0.3, -0.25) is 0 Å². The van der Waals surface area contributed by atoms with E-state index in [-0.39, 0.29) is 6.54 Å². The van der Waals surface area contributed by atoms with Gasteiger partial charge < -0.3 is 9.47 Å². The predicted molar refractivity (Wildman–Crippen MR) is 65.8 cm³/mol. The van der Waals surface area contributed by atoms with E-state index in [1.807, 2.05) is 0 Å². The summed E-state index contributed by atoms with van der Waals surface area (Å²) < 4.78 is 33.3. The van der Waals surface area contributed by atoms with Crippen molar-refractivity contribution in [2.75, 3.05) is 21.3 Å². The van der Waals surface area contributed by atoms with Gasteiger partial charge in [-0.2, -0.15) is 12.7 Å². The lowest BCUT2D eigenvalue weighted by Crippen LogP contribution is -2.21. The first-order chi connectivity index (χ1) is 7.88. The van der Waals surface area contributed by atoms with E-state index in [9.17, 15) is 8.42 Å². The fraction of sp³-hybridized carbons (Fsp3) is 0.400. The Kier molecular flexibility index (Phi) is 4.62. The van der Waals surface area contributed by atoms with Crippen LogP contribution < -0.4 is 9.47 Å². The molecule has 0 saturated heterocycles. The van der Waals surface area contributed by atoms with Crippen molar-refractivity contribution in [1.29, 1.82) is 0 Å². The molecule has 0 saturated carbocycles. The van der Waals surface area contributed by atoms with Gasteiger partial charge in [0.1, 0.15) is 0 Å². The lowest BCUT2D eigenvalue weighted by atomic mass is 10.2. The van der Waals surface area contributed by atoms with Crippen LogP contribution in [0.3, 0.4) is 0 Å². The lowest BCUT2D eigenvalue weighted by Gasteiger charge is -2.14. The highest BCUT2D eigenvalue weighted by atomic mass is 35.7. The van der Waals surface area contributed by atoms with Crippen LogP contribution in [0, 0.1) is 0 Å². The number of benzene rings is 1. The minimum absolute atomic E-state index is 0.173. The van der Waals surface area contributed by atoms with Crippen LogP contribution in [-0.2, 0) is 15.8 Å². The minimum Gasteiger partial charge on any atom is -0.493 e. The zero-order chi connectivity index (χ0) is 13.1. The largest absolute Gasteiger partial charge is 0.493 e. The third-order valence-electron chi connectivity index (χ3n) is 2.23. The number of ether oxygens (including phenoxy) is 2. The van der Waals surface area contributed by atoms with Gasteiger partial charge in [0, 0.05) is 24.3 Å². The van der Waals surface area contributed by atoms with Crippen LogP contribution in [0.1, 0.15) is 5.56 Å². The Balaban J connectivity index is 2.94. The second-order valence-corrected chi connectivity index (χ2v) is 6.00. The van der Waals surface area contributed by atoms with Crippen molar-refractivity contribution in [1.82, 2.24) is 4.31 Å². The molecule has 0 radical (unpaired) electrons. The Labute approximate surface area is 105 Å². The highest BCUT2D eigenvalue weighted by molar-refractivity contribution is 8.11. The molecule has 1 aromatic rings. The summed E-state index contributed by atoms with van der Waals surface area (Å²) in [4.78, 5) is 0. The number of methoxy groups -OCH3 is 2. The van der Waals surface area contributed by atoms with Crippen LogP contribution >= 0.6 is 10.7 Å². The van der Waals surface area contributed by atoms with Crippen LogP contribution in [0.4, 0.5) is 0 Å². The van der Waals surface area contributed by atoms with Gasteiger partial charge in [-0.25, -0.2) is 0 Å². The van der Waals surface area contributed by atoms with Gasteiger partial charge in [0.2, 0.25) is 0 Å². The Hall–Kier alpha value is -0.980. The molecular formula is C10H14ClNO4S. The molecule has 0 spiro atoms. The summed E-state index contributed by atoms with van der Waals surface area (Å²) in [6.45, 7) is 0.173. The standard InChI is InChI=1S/C10H14ClNO4S/c1-12(17(11,13)14)7-8-4-5-9(15-2)10(6-8)16-3/h4-6H,7H2,1-3H3. The maximum absolute atomic E-state index is 11.0. The molecule has 0 amide bonds. The first kappa shape index (κ1) is 14.1. The number of rotatable bonds is 5. The van der Waals surface area contributed by atoms with Gasteiger partial charge in [-0.05, 0) is 17.7 Å². The van der Waals surface area contributed by atoms with Crippen molar-refractivity contribution in [3.8, 4) is 11.5 Å². The number of halogens is 1. The second kappa shape index (κ2) is 5.57. The van der Waals surface area contributed by atoms with E-state index in [4.69, 9.17) is 20.2 Å². The number of hydrogen-bond acceptors (Lipinski definition) is 4. The van der Waals surface area contributed by atoms with Crippen molar-refractivity contribution >= 4 is 19.9 Å². The lowest BCUT2D eigenvalue weighted by molar-refractivity contribution is 0.354. The smallest absolute Gasteiger partial charge is 0.299 e. The minimum atomic E-state index is -3.70. The molecule has 0 aromatic heterocycles.